The molecule has 23 heavy (non-hydrogen) atoms. The second kappa shape index (κ2) is 5.20. The van der Waals surface area contributed by atoms with Crippen LogP contribution >= 0.6 is 0 Å². The molecule has 1 aliphatic rings. The van der Waals surface area contributed by atoms with Gasteiger partial charge in [0, 0.05) is 29.6 Å². The predicted molar refractivity (Wildman–Crippen MR) is 87.4 cm³/mol. The van der Waals surface area contributed by atoms with Gasteiger partial charge in [-0.1, -0.05) is 0 Å². The van der Waals surface area contributed by atoms with E-state index in [0.717, 1.165) is 41.5 Å². The van der Waals surface area contributed by atoms with Crippen LogP contribution < -0.4 is 10.6 Å². The Labute approximate surface area is 132 Å². The maximum atomic E-state index is 11.5. The van der Waals surface area contributed by atoms with E-state index in [1.165, 1.54) is 6.33 Å². The molecular weight excluding hydrogens is 294 g/mol. The van der Waals surface area contributed by atoms with Gasteiger partial charge >= 0.3 is 0 Å². The van der Waals surface area contributed by atoms with E-state index in [-0.39, 0.29) is 6.10 Å². The molecule has 1 amide bonds. The maximum absolute atomic E-state index is 11.5. The lowest BCUT2D eigenvalue weighted by Gasteiger charge is -2.31. The van der Waals surface area contributed by atoms with Crippen LogP contribution in [0.3, 0.4) is 0 Å². The van der Waals surface area contributed by atoms with Crippen LogP contribution in [0.1, 0.15) is 23.2 Å². The molecule has 4 N–H and O–H groups in total. The van der Waals surface area contributed by atoms with Gasteiger partial charge in [0.1, 0.15) is 17.8 Å². The zero-order valence-corrected chi connectivity index (χ0v) is 12.5. The second-order valence-electron chi connectivity index (χ2n) is 5.91. The first kappa shape index (κ1) is 14.0. The Bertz CT molecular complexity index is 904. The lowest BCUT2D eigenvalue weighted by molar-refractivity contribution is 0.100. The van der Waals surface area contributed by atoms with E-state index < -0.39 is 5.91 Å². The quantitative estimate of drug-likeness (QED) is 0.658. The molecular formula is C16H17N5O2. The van der Waals surface area contributed by atoms with Gasteiger partial charge in [0.15, 0.2) is 0 Å². The first-order valence-corrected chi connectivity index (χ1v) is 7.63. The minimum atomic E-state index is -0.465. The number of primary amides is 1. The zero-order valence-electron chi connectivity index (χ0n) is 12.5. The number of nitrogens with zero attached hydrogens (tertiary/aromatic N) is 3. The van der Waals surface area contributed by atoms with Crippen molar-refractivity contribution in [2.24, 2.45) is 5.73 Å². The number of amides is 1. The van der Waals surface area contributed by atoms with E-state index in [2.05, 4.69) is 19.9 Å². The van der Waals surface area contributed by atoms with Crippen molar-refractivity contribution in [3.63, 3.8) is 0 Å². The number of piperidine rings is 1. The Hall–Kier alpha value is -2.67. The summed E-state index contributed by atoms with van der Waals surface area (Å²) in [6.07, 6.45) is 2.90. The third kappa shape index (κ3) is 2.29. The van der Waals surface area contributed by atoms with Crippen molar-refractivity contribution in [3.8, 4) is 0 Å². The number of aromatic amines is 1. The van der Waals surface area contributed by atoms with Gasteiger partial charge in [0.25, 0.3) is 0 Å². The van der Waals surface area contributed by atoms with Gasteiger partial charge in [-0.15, -0.1) is 0 Å². The number of nitrogens with one attached hydrogen (secondary N) is 1. The Morgan fingerprint density at radius 3 is 3.04 bits per heavy atom. The van der Waals surface area contributed by atoms with Crippen LogP contribution in [-0.2, 0) is 0 Å². The predicted octanol–water partition coefficient (Wildman–Crippen LogP) is 1.17. The Kier molecular flexibility index (Phi) is 3.16. The van der Waals surface area contributed by atoms with Crippen molar-refractivity contribution in [3.05, 3.63) is 30.1 Å². The van der Waals surface area contributed by atoms with Crippen molar-refractivity contribution >= 4 is 33.7 Å². The standard InChI is InChI=1S/C16H17N5O2/c17-14(23)9-3-4-12-11(6-9)13-15(20-12)18-8-19-16(13)21-5-1-2-10(22)7-21/h3-4,6,8,10,22H,1-2,5,7H2,(H2,17,23)(H,18,19,20). The molecule has 1 unspecified atom stereocenters. The van der Waals surface area contributed by atoms with Gasteiger partial charge in [-0.2, -0.15) is 0 Å². The second-order valence-corrected chi connectivity index (χ2v) is 5.91. The van der Waals surface area contributed by atoms with Gasteiger partial charge in [0.05, 0.1) is 11.5 Å². The van der Waals surface area contributed by atoms with Crippen LogP contribution in [0.4, 0.5) is 5.82 Å². The molecule has 0 spiro atoms. The molecule has 2 aromatic heterocycles. The lowest BCUT2D eigenvalue weighted by atomic mass is 10.1. The van der Waals surface area contributed by atoms with Crippen molar-refractivity contribution < 1.29 is 9.90 Å². The van der Waals surface area contributed by atoms with Crippen LogP contribution in [0.25, 0.3) is 21.9 Å². The fraction of sp³-hybridized carbons (Fsp3) is 0.312. The van der Waals surface area contributed by atoms with Crippen molar-refractivity contribution in [1.29, 1.82) is 0 Å². The number of aliphatic hydroxyl groups is 1. The van der Waals surface area contributed by atoms with Crippen molar-refractivity contribution in [1.82, 2.24) is 15.0 Å². The molecule has 0 bridgehead atoms. The summed E-state index contributed by atoms with van der Waals surface area (Å²) in [5.41, 5.74) is 7.44. The number of carbonyl (C=O) groups excluding carboxylic acids is 1. The number of carbonyl (C=O) groups is 1. The number of nitrogens with two attached hydrogens (primary N) is 1. The number of fused-ring (bicyclic) bond motifs is 3. The highest BCUT2D eigenvalue weighted by Gasteiger charge is 2.22. The van der Waals surface area contributed by atoms with Crippen molar-refractivity contribution in [2.45, 2.75) is 18.9 Å². The summed E-state index contributed by atoms with van der Waals surface area (Å²) in [5, 5.41) is 11.7. The summed E-state index contributed by atoms with van der Waals surface area (Å²) in [5.74, 6) is 0.315. The van der Waals surface area contributed by atoms with Crippen LogP contribution in [0.2, 0.25) is 0 Å². The first-order chi connectivity index (χ1) is 11.1. The van der Waals surface area contributed by atoms with E-state index >= 15 is 0 Å². The van der Waals surface area contributed by atoms with Crippen LogP contribution in [0.5, 0.6) is 0 Å². The normalized spacial score (nSPS) is 18.7. The molecule has 3 aromatic rings. The van der Waals surface area contributed by atoms with Gasteiger partial charge in [0.2, 0.25) is 5.91 Å². The largest absolute Gasteiger partial charge is 0.391 e. The van der Waals surface area contributed by atoms with E-state index in [4.69, 9.17) is 5.73 Å². The molecule has 0 saturated carbocycles. The molecule has 118 valence electrons. The topological polar surface area (TPSA) is 108 Å². The fourth-order valence-electron chi connectivity index (χ4n) is 3.25. The number of anilines is 1. The van der Waals surface area contributed by atoms with E-state index in [9.17, 15) is 9.90 Å². The molecule has 7 heteroatoms. The third-order valence-corrected chi connectivity index (χ3v) is 4.35. The number of β-amino-alcohol motifs (C(OH)–C–C–N with tert-alkyl or cyclic N) is 1. The number of aliphatic hydroxyl groups excluding tert-OH is 1. The molecule has 3 heterocycles. The minimum absolute atomic E-state index is 0.347. The minimum Gasteiger partial charge on any atom is -0.391 e. The van der Waals surface area contributed by atoms with E-state index in [1.54, 1.807) is 12.1 Å². The Morgan fingerprint density at radius 1 is 1.39 bits per heavy atom. The Morgan fingerprint density at radius 2 is 2.26 bits per heavy atom. The van der Waals surface area contributed by atoms with Gasteiger partial charge in [-0.05, 0) is 31.0 Å². The number of benzene rings is 1. The highest BCUT2D eigenvalue weighted by molar-refractivity contribution is 6.13. The molecule has 0 radical (unpaired) electrons. The monoisotopic (exact) mass is 311 g/mol. The Balaban J connectivity index is 1.95. The number of rotatable bonds is 2. The summed E-state index contributed by atoms with van der Waals surface area (Å²) in [7, 11) is 0. The lowest BCUT2D eigenvalue weighted by Crippen LogP contribution is -2.38. The maximum Gasteiger partial charge on any atom is 0.248 e. The number of hydrogen-bond donors (Lipinski definition) is 3. The molecule has 7 nitrogen and oxygen atoms in total. The van der Waals surface area contributed by atoms with Gasteiger partial charge in [-0.25, -0.2) is 9.97 Å². The van der Waals surface area contributed by atoms with Crippen LogP contribution in [0, 0.1) is 0 Å². The molecule has 1 aromatic carbocycles. The van der Waals surface area contributed by atoms with Crippen LogP contribution in [-0.4, -0.2) is 45.2 Å². The zero-order chi connectivity index (χ0) is 16.0. The molecule has 1 fully saturated rings. The summed E-state index contributed by atoms with van der Waals surface area (Å²) in [6.45, 7) is 1.39. The third-order valence-electron chi connectivity index (χ3n) is 4.35. The average Bonchev–Trinajstić information content (AvgIpc) is 2.92. The fourth-order valence-corrected chi connectivity index (χ4v) is 3.25. The molecule has 4 rings (SSSR count). The summed E-state index contributed by atoms with van der Waals surface area (Å²) >= 11 is 0. The number of H-pyrrole nitrogens is 1. The average molecular weight is 311 g/mol. The molecule has 1 aliphatic heterocycles. The molecule has 1 saturated heterocycles. The first-order valence-electron chi connectivity index (χ1n) is 7.63. The highest BCUT2D eigenvalue weighted by atomic mass is 16.3. The number of hydrogen-bond acceptors (Lipinski definition) is 5. The van der Waals surface area contributed by atoms with Crippen LogP contribution in [0.15, 0.2) is 24.5 Å². The smallest absolute Gasteiger partial charge is 0.248 e. The summed E-state index contributed by atoms with van der Waals surface area (Å²) in [6, 6.07) is 5.29. The SMILES string of the molecule is NC(=O)c1ccc2[nH]c3ncnc(N4CCCC(O)C4)c3c2c1. The van der Waals surface area contributed by atoms with E-state index in [0.29, 0.717) is 17.8 Å². The van der Waals surface area contributed by atoms with Gasteiger partial charge in [-0.3, -0.25) is 4.79 Å². The molecule has 0 aliphatic carbocycles. The summed E-state index contributed by atoms with van der Waals surface area (Å²) < 4.78 is 0. The van der Waals surface area contributed by atoms with Crippen molar-refractivity contribution in [2.75, 3.05) is 18.0 Å². The van der Waals surface area contributed by atoms with Gasteiger partial charge < -0.3 is 20.7 Å². The molecule has 1 atom stereocenters. The number of aromatic nitrogens is 3. The van der Waals surface area contributed by atoms with E-state index in [1.807, 2.05) is 6.07 Å². The summed E-state index contributed by atoms with van der Waals surface area (Å²) in [4.78, 5) is 25.5. The highest BCUT2D eigenvalue weighted by Crippen LogP contribution is 2.32.